The van der Waals surface area contributed by atoms with Crippen molar-refractivity contribution in [1.82, 2.24) is 0 Å². The molecule has 0 fully saturated rings. The van der Waals surface area contributed by atoms with Gasteiger partial charge in [0.2, 0.25) is 0 Å². The molecule has 0 bridgehead atoms. The number of benzene rings is 2. The highest BCUT2D eigenvalue weighted by atomic mass is 16.5. The van der Waals surface area contributed by atoms with Gasteiger partial charge in [-0.25, -0.2) is 4.79 Å². The molecule has 0 saturated heterocycles. The van der Waals surface area contributed by atoms with Gasteiger partial charge in [0.1, 0.15) is 18.1 Å². The lowest BCUT2D eigenvalue weighted by molar-refractivity contribution is -0.136. The van der Waals surface area contributed by atoms with Crippen LogP contribution in [0.5, 0.6) is 11.5 Å². The molecule has 2 N–H and O–H groups in total. The van der Waals surface area contributed by atoms with Gasteiger partial charge >= 0.3 is 11.9 Å². The molecule has 0 amide bonds. The lowest BCUT2D eigenvalue weighted by Gasteiger charge is -2.17. The van der Waals surface area contributed by atoms with Gasteiger partial charge in [0.05, 0.1) is 25.9 Å². The third kappa shape index (κ3) is 5.29. The number of fused-ring (bicyclic) bond motifs is 1. The second-order valence-electron chi connectivity index (χ2n) is 7.85. The van der Waals surface area contributed by atoms with Gasteiger partial charge in [0.15, 0.2) is 0 Å². The van der Waals surface area contributed by atoms with Crippen LogP contribution in [0.4, 0.5) is 0 Å². The number of carboxylic acids is 1. The van der Waals surface area contributed by atoms with E-state index in [-0.39, 0.29) is 25.4 Å². The number of allylic oxidation sites excluding steroid dienone is 2. The summed E-state index contributed by atoms with van der Waals surface area (Å²) < 4.78 is 16.2. The van der Waals surface area contributed by atoms with Crippen molar-refractivity contribution in [2.24, 2.45) is 0 Å². The van der Waals surface area contributed by atoms with Gasteiger partial charge in [-0.15, -0.1) is 0 Å². The van der Waals surface area contributed by atoms with Crippen molar-refractivity contribution in [3.8, 4) is 11.5 Å². The molecule has 0 spiro atoms. The van der Waals surface area contributed by atoms with Crippen molar-refractivity contribution in [2.75, 3.05) is 7.11 Å². The Balaban J connectivity index is 1.84. The van der Waals surface area contributed by atoms with Crippen LogP contribution in [0.2, 0.25) is 0 Å². The first-order valence-corrected chi connectivity index (χ1v) is 10.4. The molecule has 2 aromatic carbocycles. The van der Waals surface area contributed by atoms with E-state index in [1.54, 1.807) is 7.11 Å². The Kier molecular flexibility index (Phi) is 7.53. The molecular formula is C25H28O7. The molecule has 0 atom stereocenters. The summed E-state index contributed by atoms with van der Waals surface area (Å²) in [6, 6.07) is 7.55. The Morgan fingerprint density at radius 1 is 1.16 bits per heavy atom. The summed E-state index contributed by atoms with van der Waals surface area (Å²) in [6.45, 7) is 4.32. The summed E-state index contributed by atoms with van der Waals surface area (Å²) in [5.41, 5.74) is 4.95. The van der Waals surface area contributed by atoms with Crippen molar-refractivity contribution < 1.29 is 34.0 Å². The monoisotopic (exact) mass is 440 g/mol. The summed E-state index contributed by atoms with van der Waals surface area (Å²) in [5.74, 6) is -0.484. The fourth-order valence-corrected chi connectivity index (χ4v) is 3.76. The largest absolute Gasteiger partial charge is 0.507 e. The van der Waals surface area contributed by atoms with Crippen LogP contribution in [0.25, 0.3) is 0 Å². The Morgan fingerprint density at radius 3 is 2.53 bits per heavy atom. The van der Waals surface area contributed by atoms with E-state index in [1.807, 2.05) is 44.2 Å². The molecule has 1 aliphatic heterocycles. The second kappa shape index (κ2) is 10.3. The zero-order chi connectivity index (χ0) is 23.3. The lowest BCUT2D eigenvalue weighted by atomic mass is 9.90. The van der Waals surface area contributed by atoms with E-state index in [9.17, 15) is 14.7 Å². The molecule has 0 radical (unpaired) electrons. The Labute approximate surface area is 187 Å². The number of carboxylic acid groups (broad SMARTS) is 1. The van der Waals surface area contributed by atoms with Crippen LogP contribution in [-0.4, -0.2) is 29.3 Å². The normalized spacial score (nSPS) is 13.1. The number of carbonyl (C=O) groups is 2. The number of cyclic esters (lactones) is 1. The molecule has 1 heterocycles. The predicted molar refractivity (Wildman–Crippen MR) is 118 cm³/mol. The van der Waals surface area contributed by atoms with E-state index in [1.165, 1.54) is 0 Å². The van der Waals surface area contributed by atoms with E-state index < -0.39 is 11.9 Å². The van der Waals surface area contributed by atoms with Gasteiger partial charge in [-0.05, 0) is 55.5 Å². The number of phenolic OH excluding ortho intramolecular Hbond substituents is 1. The molecular weight excluding hydrogens is 412 g/mol. The van der Waals surface area contributed by atoms with Gasteiger partial charge in [-0.2, -0.15) is 0 Å². The van der Waals surface area contributed by atoms with Crippen molar-refractivity contribution >= 4 is 11.9 Å². The number of aromatic hydroxyl groups is 1. The quantitative estimate of drug-likeness (QED) is 0.416. The predicted octanol–water partition coefficient (Wildman–Crippen LogP) is 4.45. The molecule has 7 heteroatoms. The summed E-state index contributed by atoms with van der Waals surface area (Å²) in [5, 5.41) is 19.8. The molecule has 170 valence electrons. The number of rotatable bonds is 10. The van der Waals surface area contributed by atoms with Crippen molar-refractivity contribution in [3.05, 3.63) is 69.3 Å². The van der Waals surface area contributed by atoms with E-state index in [0.717, 1.165) is 28.0 Å². The minimum atomic E-state index is -0.850. The maximum atomic E-state index is 12.2. The Hall–Kier alpha value is -3.32. The molecule has 0 aromatic heterocycles. The fourth-order valence-electron chi connectivity index (χ4n) is 3.76. The summed E-state index contributed by atoms with van der Waals surface area (Å²) in [7, 11) is 1.61. The maximum absolute atomic E-state index is 12.2. The molecule has 3 rings (SSSR count). The van der Waals surface area contributed by atoms with Gasteiger partial charge in [0.25, 0.3) is 0 Å². The first kappa shape index (κ1) is 23.3. The van der Waals surface area contributed by atoms with Crippen LogP contribution < -0.4 is 4.74 Å². The van der Waals surface area contributed by atoms with Crippen LogP contribution in [0.1, 0.15) is 57.9 Å². The first-order chi connectivity index (χ1) is 15.3. The molecule has 7 nitrogen and oxygen atoms in total. The lowest BCUT2D eigenvalue weighted by Crippen LogP contribution is -2.08. The molecule has 2 aromatic rings. The fraction of sp³-hybridized carbons (Fsp3) is 0.360. The topological polar surface area (TPSA) is 102 Å². The summed E-state index contributed by atoms with van der Waals surface area (Å²) in [6.07, 6.45) is 2.80. The zero-order valence-corrected chi connectivity index (χ0v) is 18.6. The molecule has 32 heavy (non-hydrogen) atoms. The average molecular weight is 440 g/mol. The number of hydrogen-bond acceptors (Lipinski definition) is 6. The van der Waals surface area contributed by atoms with E-state index in [4.69, 9.17) is 19.3 Å². The van der Waals surface area contributed by atoms with Crippen LogP contribution in [-0.2, 0) is 40.5 Å². The van der Waals surface area contributed by atoms with Gasteiger partial charge in [-0.1, -0.05) is 23.8 Å². The number of phenols is 1. The molecule has 0 saturated carbocycles. The number of carbonyl (C=O) groups excluding carboxylic acids is 1. The van der Waals surface area contributed by atoms with E-state index >= 15 is 0 Å². The SMILES string of the molecule is COc1ccc(COCc2c(C)c3c(c(O)c2C/C=C(\C)CCC(=O)O)COC3=O)cc1. The Bertz CT molecular complexity index is 1040. The van der Waals surface area contributed by atoms with E-state index in [2.05, 4.69) is 0 Å². The van der Waals surface area contributed by atoms with Gasteiger partial charge in [0, 0.05) is 17.5 Å². The van der Waals surface area contributed by atoms with Gasteiger partial charge < -0.3 is 24.4 Å². The van der Waals surface area contributed by atoms with Crippen LogP contribution in [0.15, 0.2) is 35.9 Å². The number of methoxy groups -OCH3 is 1. The molecule has 0 aliphatic carbocycles. The maximum Gasteiger partial charge on any atom is 0.339 e. The number of esters is 1. The smallest absolute Gasteiger partial charge is 0.339 e. The summed E-state index contributed by atoms with van der Waals surface area (Å²) >= 11 is 0. The standard InChI is InChI=1S/C25H28O7/c1-15(5-11-22(26)27)4-10-19-20(13-31-12-17-6-8-18(30-3)9-7-17)16(2)23-21(24(19)28)14-32-25(23)29/h4,6-9,28H,5,10-14H2,1-3H3,(H,26,27)/b15-4+. The van der Waals surface area contributed by atoms with Crippen LogP contribution in [0, 0.1) is 6.92 Å². The third-order valence-electron chi connectivity index (χ3n) is 5.68. The van der Waals surface area contributed by atoms with E-state index in [0.29, 0.717) is 36.1 Å². The molecule has 1 aliphatic rings. The van der Waals surface area contributed by atoms with Crippen LogP contribution >= 0.6 is 0 Å². The Morgan fingerprint density at radius 2 is 1.88 bits per heavy atom. The number of hydrogen-bond donors (Lipinski definition) is 2. The van der Waals surface area contributed by atoms with Crippen LogP contribution in [0.3, 0.4) is 0 Å². The number of aliphatic carboxylic acids is 1. The summed E-state index contributed by atoms with van der Waals surface area (Å²) in [4.78, 5) is 23.0. The van der Waals surface area contributed by atoms with Crippen molar-refractivity contribution in [2.45, 2.75) is 52.9 Å². The minimum Gasteiger partial charge on any atom is -0.507 e. The van der Waals surface area contributed by atoms with Gasteiger partial charge in [-0.3, -0.25) is 4.79 Å². The highest BCUT2D eigenvalue weighted by molar-refractivity contribution is 5.96. The number of ether oxygens (including phenoxy) is 3. The van der Waals surface area contributed by atoms with Crippen molar-refractivity contribution in [1.29, 1.82) is 0 Å². The third-order valence-corrected chi connectivity index (χ3v) is 5.68. The molecule has 0 unspecified atom stereocenters. The van der Waals surface area contributed by atoms with Crippen molar-refractivity contribution in [3.63, 3.8) is 0 Å². The highest BCUT2D eigenvalue weighted by Gasteiger charge is 2.31. The zero-order valence-electron chi connectivity index (χ0n) is 18.6. The highest BCUT2D eigenvalue weighted by Crippen LogP contribution is 2.38. The second-order valence-corrected chi connectivity index (χ2v) is 7.85. The minimum absolute atomic E-state index is 0.0433. The average Bonchev–Trinajstić information content (AvgIpc) is 3.17. The first-order valence-electron chi connectivity index (χ1n) is 10.4.